The summed E-state index contributed by atoms with van der Waals surface area (Å²) in [5.41, 5.74) is 8.97. The predicted molar refractivity (Wildman–Crippen MR) is 66.9 cm³/mol. The van der Waals surface area contributed by atoms with Gasteiger partial charge in [-0.2, -0.15) is 0 Å². The number of rotatable bonds is 4. The Hall–Kier alpha value is -1.39. The summed E-state index contributed by atoms with van der Waals surface area (Å²) in [6.07, 6.45) is 2.25. The molecule has 0 unspecified atom stereocenters. The number of nitrogens with zero attached hydrogens (tertiary/aromatic N) is 1. The van der Waals surface area contributed by atoms with Crippen LogP contribution in [0.3, 0.4) is 0 Å². The quantitative estimate of drug-likeness (QED) is 0.848. The summed E-state index contributed by atoms with van der Waals surface area (Å²) < 4.78 is 5.07. The molecule has 0 saturated heterocycles. The molecule has 1 aliphatic heterocycles. The van der Waals surface area contributed by atoms with Crippen molar-refractivity contribution in [1.29, 1.82) is 0 Å². The highest BCUT2D eigenvalue weighted by Gasteiger charge is 2.23. The van der Waals surface area contributed by atoms with Gasteiger partial charge in [0.25, 0.3) is 0 Å². The Bertz CT molecular complexity index is 418. The van der Waals surface area contributed by atoms with Gasteiger partial charge in [0.05, 0.1) is 0 Å². The van der Waals surface area contributed by atoms with Crippen LogP contribution in [0.15, 0.2) is 18.2 Å². The van der Waals surface area contributed by atoms with Crippen LogP contribution in [0, 0.1) is 0 Å². The average Bonchev–Trinajstić information content (AvgIpc) is 2.33. The van der Waals surface area contributed by atoms with Gasteiger partial charge in [0.2, 0.25) is 5.91 Å². The fraction of sp³-hybridized carbons (Fsp3) is 0.462. The van der Waals surface area contributed by atoms with E-state index in [4.69, 9.17) is 10.5 Å². The molecule has 0 aromatic heterocycles. The van der Waals surface area contributed by atoms with Crippen molar-refractivity contribution in [2.45, 2.75) is 19.3 Å². The van der Waals surface area contributed by atoms with Crippen LogP contribution in [0.5, 0.6) is 0 Å². The first-order valence-electron chi connectivity index (χ1n) is 5.87. The third kappa shape index (κ3) is 2.48. The van der Waals surface area contributed by atoms with Crippen LogP contribution < -0.4 is 10.6 Å². The lowest BCUT2D eigenvalue weighted by Gasteiger charge is -2.29. The SMILES string of the molecule is COCN1C(=O)CCc2cc(CCN)ccc21. The molecule has 0 atom stereocenters. The minimum Gasteiger partial charge on any atom is -0.364 e. The Balaban J connectivity index is 2.30. The molecule has 0 bridgehead atoms. The van der Waals surface area contributed by atoms with Crippen LogP contribution in [-0.4, -0.2) is 26.3 Å². The number of methoxy groups -OCH3 is 1. The number of anilines is 1. The first kappa shape index (κ1) is 12.1. The van der Waals surface area contributed by atoms with E-state index in [9.17, 15) is 4.79 Å². The fourth-order valence-electron chi connectivity index (χ4n) is 2.21. The van der Waals surface area contributed by atoms with E-state index in [0.29, 0.717) is 19.7 Å². The maximum absolute atomic E-state index is 11.8. The zero-order valence-electron chi connectivity index (χ0n) is 10.1. The number of carbonyl (C=O) groups is 1. The van der Waals surface area contributed by atoms with E-state index in [1.165, 1.54) is 11.1 Å². The normalized spacial score (nSPS) is 14.9. The van der Waals surface area contributed by atoms with Crippen molar-refractivity contribution in [1.82, 2.24) is 0 Å². The van der Waals surface area contributed by atoms with Gasteiger partial charge in [-0.15, -0.1) is 0 Å². The third-order valence-corrected chi connectivity index (χ3v) is 3.04. The van der Waals surface area contributed by atoms with E-state index in [0.717, 1.165) is 18.5 Å². The minimum atomic E-state index is 0.130. The molecule has 4 heteroatoms. The van der Waals surface area contributed by atoms with Crippen LogP contribution in [0.25, 0.3) is 0 Å². The highest BCUT2D eigenvalue weighted by Crippen LogP contribution is 2.28. The molecule has 0 fully saturated rings. The van der Waals surface area contributed by atoms with E-state index in [1.54, 1.807) is 12.0 Å². The Morgan fingerprint density at radius 3 is 2.94 bits per heavy atom. The second-order valence-electron chi connectivity index (χ2n) is 4.24. The molecule has 1 amide bonds. The zero-order valence-corrected chi connectivity index (χ0v) is 10.1. The molecule has 1 aromatic carbocycles. The van der Waals surface area contributed by atoms with Crippen LogP contribution in [0.2, 0.25) is 0 Å². The summed E-state index contributed by atoms with van der Waals surface area (Å²) in [5.74, 6) is 0.130. The summed E-state index contributed by atoms with van der Waals surface area (Å²) in [7, 11) is 1.60. The molecule has 1 aromatic rings. The van der Waals surface area contributed by atoms with Crippen molar-refractivity contribution in [3.05, 3.63) is 29.3 Å². The van der Waals surface area contributed by atoms with Gasteiger partial charge in [-0.1, -0.05) is 12.1 Å². The molecule has 4 nitrogen and oxygen atoms in total. The number of hydrogen-bond acceptors (Lipinski definition) is 3. The molecular formula is C13H18N2O2. The first-order valence-corrected chi connectivity index (χ1v) is 5.87. The van der Waals surface area contributed by atoms with Crippen LogP contribution in [0.4, 0.5) is 5.69 Å². The molecule has 92 valence electrons. The summed E-state index contributed by atoms with van der Waals surface area (Å²) in [6, 6.07) is 6.18. The third-order valence-electron chi connectivity index (χ3n) is 3.04. The predicted octanol–water partition coefficient (Wildman–Crippen LogP) is 1.07. The van der Waals surface area contributed by atoms with Crippen LogP contribution in [-0.2, 0) is 22.4 Å². The Labute approximate surface area is 101 Å². The fourth-order valence-corrected chi connectivity index (χ4v) is 2.21. The number of amides is 1. The largest absolute Gasteiger partial charge is 0.364 e. The molecule has 1 aliphatic rings. The number of ether oxygens (including phenoxy) is 1. The van der Waals surface area contributed by atoms with Gasteiger partial charge in [0.15, 0.2) is 0 Å². The average molecular weight is 234 g/mol. The standard InChI is InChI=1S/C13H18N2O2/c1-17-9-15-12-4-2-10(6-7-14)8-11(12)3-5-13(15)16/h2,4,8H,3,5-7,9,14H2,1H3. The molecule has 17 heavy (non-hydrogen) atoms. The van der Waals surface area contributed by atoms with Crippen molar-refractivity contribution < 1.29 is 9.53 Å². The van der Waals surface area contributed by atoms with Crippen LogP contribution >= 0.6 is 0 Å². The number of nitrogens with two attached hydrogens (primary N) is 1. The number of fused-ring (bicyclic) bond motifs is 1. The molecule has 2 N–H and O–H groups in total. The van der Waals surface area contributed by atoms with Crippen LogP contribution in [0.1, 0.15) is 17.5 Å². The van der Waals surface area contributed by atoms with E-state index >= 15 is 0 Å². The van der Waals surface area contributed by atoms with Gasteiger partial charge in [-0.25, -0.2) is 0 Å². The summed E-state index contributed by atoms with van der Waals surface area (Å²) in [5, 5.41) is 0. The second kappa shape index (κ2) is 5.29. The topological polar surface area (TPSA) is 55.6 Å². The second-order valence-corrected chi connectivity index (χ2v) is 4.24. The molecule has 0 aliphatic carbocycles. The monoisotopic (exact) mass is 234 g/mol. The van der Waals surface area contributed by atoms with Gasteiger partial charge >= 0.3 is 0 Å². The smallest absolute Gasteiger partial charge is 0.229 e. The Kier molecular flexibility index (Phi) is 3.76. The summed E-state index contributed by atoms with van der Waals surface area (Å²) in [6.45, 7) is 0.974. The number of aryl methyl sites for hydroxylation is 1. The summed E-state index contributed by atoms with van der Waals surface area (Å²) >= 11 is 0. The molecule has 0 radical (unpaired) electrons. The molecule has 0 saturated carbocycles. The lowest BCUT2D eigenvalue weighted by atomic mass is 9.98. The van der Waals surface area contributed by atoms with E-state index in [1.807, 2.05) is 12.1 Å². The lowest BCUT2D eigenvalue weighted by molar-refractivity contribution is -0.119. The van der Waals surface area contributed by atoms with Gasteiger partial charge in [0, 0.05) is 19.2 Å². The van der Waals surface area contributed by atoms with E-state index in [2.05, 4.69) is 6.07 Å². The Morgan fingerprint density at radius 1 is 1.41 bits per heavy atom. The minimum absolute atomic E-state index is 0.130. The highest BCUT2D eigenvalue weighted by atomic mass is 16.5. The maximum Gasteiger partial charge on any atom is 0.229 e. The van der Waals surface area contributed by atoms with Crippen molar-refractivity contribution in [3.8, 4) is 0 Å². The van der Waals surface area contributed by atoms with Crippen molar-refractivity contribution in [2.24, 2.45) is 5.73 Å². The molecular weight excluding hydrogens is 216 g/mol. The maximum atomic E-state index is 11.8. The summed E-state index contributed by atoms with van der Waals surface area (Å²) in [4.78, 5) is 13.5. The van der Waals surface area contributed by atoms with Gasteiger partial charge in [-0.05, 0) is 36.6 Å². The molecule has 1 heterocycles. The highest BCUT2D eigenvalue weighted by molar-refractivity contribution is 5.96. The lowest BCUT2D eigenvalue weighted by Crippen LogP contribution is -2.36. The van der Waals surface area contributed by atoms with Gasteiger partial charge < -0.3 is 10.5 Å². The van der Waals surface area contributed by atoms with Gasteiger partial charge in [-0.3, -0.25) is 9.69 Å². The zero-order chi connectivity index (χ0) is 12.3. The van der Waals surface area contributed by atoms with Gasteiger partial charge in [0.1, 0.15) is 6.73 Å². The number of hydrogen-bond donors (Lipinski definition) is 1. The molecule has 0 spiro atoms. The number of benzene rings is 1. The molecule has 2 rings (SSSR count). The van der Waals surface area contributed by atoms with E-state index in [-0.39, 0.29) is 5.91 Å². The van der Waals surface area contributed by atoms with Crippen molar-refractivity contribution in [3.63, 3.8) is 0 Å². The van der Waals surface area contributed by atoms with Crippen molar-refractivity contribution in [2.75, 3.05) is 25.3 Å². The Morgan fingerprint density at radius 2 is 2.24 bits per heavy atom. The van der Waals surface area contributed by atoms with E-state index < -0.39 is 0 Å². The first-order chi connectivity index (χ1) is 8.26. The van der Waals surface area contributed by atoms with Crippen molar-refractivity contribution >= 4 is 11.6 Å². The number of carbonyl (C=O) groups excluding carboxylic acids is 1.